The van der Waals surface area contributed by atoms with Gasteiger partial charge in [-0.2, -0.15) is 0 Å². The number of carbonyl (C=O) groups excluding carboxylic acids is 1. The molecule has 0 saturated carbocycles. The number of aromatic carboxylic acids is 1. The van der Waals surface area contributed by atoms with Crippen molar-refractivity contribution in [1.82, 2.24) is 4.98 Å². The first-order valence-corrected chi connectivity index (χ1v) is 5.62. The predicted molar refractivity (Wildman–Crippen MR) is 61.0 cm³/mol. The highest BCUT2D eigenvalue weighted by Crippen LogP contribution is 2.35. The highest BCUT2D eigenvalue weighted by molar-refractivity contribution is 6.01. The number of allylic oxidation sites excluding steroid dienone is 2. The molecule has 1 aromatic heterocycles. The van der Waals surface area contributed by atoms with Gasteiger partial charge >= 0.3 is 5.97 Å². The molecule has 2 aliphatic rings. The lowest BCUT2D eigenvalue weighted by Crippen LogP contribution is -2.22. The molecule has 5 nitrogen and oxygen atoms in total. The van der Waals surface area contributed by atoms with Crippen LogP contribution >= 0.6 is 0 Å². The molecule has 1 aliphatic heterocycles. The number of Topliss-reactive ketones (excluding diaryl/α,β-unsaturated/α-hetero) is 1. The molecule has 5 heteroatoms. The predicted octanol–water partition coefficient (Wildman–Crippen LogP) is 1.69. The van der Waals surface area contributed by atoms with Crippen LogP contribution in [0, 0.1) is 0 Å². The number of anilines is 1. The number of aromatic amines is 1. The summed E-state index contributed by atoms with van der Waals surface area (Å²) in [5, 5.41) is 12.1. The number of rotatable bonds is 1. The van der Waals surface area contributed by atoms with Gasteiger partial charge in [0.05, 0.1) is 5.69 Å². The number of H-pyrrole nitrogens is 1. The van der Waals surface area contributed by atoms with Crippen LogP contribution < -0.4 is 5.32 Å². The monoisotopic (exact) mass is 232 g/mol. The van der Waals surface area contributed by atoms with Crippen molar-refractivity contribution in [2.24, 2.45) is 0 Å². The summed E-state index contributed by atoms with van der Waals surface area (Å²) in [4.78, 5) is 25.5. The summed E-state index contributed by atoms with van der Waals surface area (Å²) in [6, 6.07) is 0. The highest BCUT2D eigenvalue weighted by atomic mass is 16.4. The SMILES string of the molecule is O=C1CCCC2=C1Cc1c[nH]c(C(=O)O)c1N2. The average molecular weight is 232 g/mol. The van der Waals surface area contributed by atoms with Crippen LogP contribution in [0.2, 0.25) is 0 Å². The third-order valence-corrected chi connectivity index (χ3v) is 3.35. The van der Waals surface area contributed by atoms with E-state index in [2.05, 4.69) is 10.3 Å². The zero-order valence-electron chi connectivity index (χ0n) is 9.17. The van der Waals surface area contributed by atoms with Gasteiger partial charge in [0.15, 0.2) is 5.78 Å². The lowest BCUT2D eigenvalue weighted by atomic mass is 9.88. The molecule has 1 aromatic rings. The minimum Gasteiger partial charge on any atom is -0.477 e. The number of hydrogen-bond donors (Lipinski definition) is 3. The van der Waals surface area contributed by atoms with Crippen molar-refractivity contribution >= 4 is 17.4 Å². The Morgan fingerprint density at radius 2 is 2.18 bits per heavy atom. The number of ketones is 1. The van der Waals surface area contributed by atoms with E-state index in [1.54, 1.807) is 6.20 Å². The Hall–Kier alpha value is -2.04. The van der Waals surface area contributed by atoms with E-state index in [1.807, 2.05) is 0 Å². The lowest BCUT2D eigenvalue weighted by molar-refractivity contribution is -0.116. The first kappa shape index (κ1) is 10.1. The van der Waals surface area contributed by atoms with Crippen LogP contribution in [0.1, 0.15) is 35.3 Å². The van der Waals surface area contributed by atoms with E-state index in [1.165, 1.54) is 0 Å². The zero-order valence-corrected chi connectivity index (χ0v) is 9.17. The Kier molecular flexibility index (Phi) is 2.07. The molecular formula is C12H12N2O3. The Morgan fingerprint density at radius 1 is 1.35 bits per heavy atom. The van der Waals surface area contributed by atoms with Crippen LogP contribution in [0.25, 0.3) is 0 Å². The van der Waals surface area contributed by atoms with Crippen LogP contribution in [0.4, 0.5) is 5.69 Å². The third-order valence-electron chi connectivity index (χ3n) is 3.35. The average Bonchev–Trinajstić information content (AvgIpc) is 2.70. The van der Waals surface area contributed by atoms with Gasteiger partial charge in [0.1, 0.15) is 5.69 Å². The van der Waals surface area contributed by atoms with Crippen molar-refractivity contribution in [2.75, 3.05) is 5.32 Å². The molecule has 88 valence electrons. The second-order valence-corrected chi connectivity index (χ2v) is 4.40. The largest absolute Gasteiger partial charge is 0.477 e. The van der Waals surface area contributed by atoms with Crippen LogP contribution in [0.5, 0.6) is 0 Å². The summed E-state index contributed by atoms with van der Waals surface area (Å²) in [5.74, 6) is -0.799. The number of carboxylic acid groups (broad SMARTS) is 1. The van der Waals surface area contributed by atoms with Gasteiger partial charge in [0.2, 0.25) is 0 Å². The van der Waals surface area contributed by atoms with Crippen molar-refractivity contribution < 1.29 is 14.7 Å². The van der Waals surface area contributed by atoms with E-state index in [4.69, 9.17) is 5.11 Å². The molecule has 0 atom stereocenters. The summed E-state index contributed by atoms with van der Waals surface area (Å²) in [5.41, 5.74) is 3.36. The van der Waals surface area contributed by atoms with Crippen molar-refractivity contribution in [3.63, 3.8) is 0 Å². The maximum absolute atomic E-state index is 11.8. The van der Waals surface area contributed by atoms with Gasteiger partial charge < -0.3 is 15.4 Å². The zero-order chi connectivity index (χ0) is 12.0. The molecule has 0 bridgehead atoms. The Bertz CT molecular complexity index is 554. The van der Waals surface area contributed by atoms with Crippen molar-refractivity contribution in [1.29, 1.82) is 0 Å². The van der Waals surface area contributed by atoms with E-state index < -0.39 is 5.97 Å². The maximum atomic E-state index is 11.8. The van der Waals surface area contributed by atoms with Crippen LogP contribution in [0.3, 0.4) is 0 Å². The molecule has 0 fully saturated rings. The number of hydrogen-bond acceptors (Lipinski definition) is 3. The number of carbonyl (C=O) groups is 2. The molecule has 0 aromatic carbocycles. The minimum absolute atomic E-state index is 0.171. The van der Waals surface area contributed by atoms with Gasteiger partial charge in [-0.15, -0.1) is 0 Å². The van der Waals surface area contributed by atoms with Crippen LogP contribution in [-0.2, 0) is 11.2 Å². The smallest absolute Gasteiger partial charge is 0.354 e. The third kappa shape index (κ3) is 1.46. The van der Waals surface area contributed by atoms with Crippen LogP contribution in [0.15, 0.2) is 17.5 Å². The summed E-state index contributed by atoms with van der Waals surface area (Å²) < 4.78 is 0. The van der Waals surface area contributed by atoms with E-state index in [0.717, 1.165) is 29.7 Å². The van der Waals surface area contributed by atoms with Crippen molar-refractivity contribution in [3.05, 3.63) is 28.7 Å². The first-order valence-electron chi connectivity index (χ1n) is 5.62. The first-order chi connectivity index (χ1) is 8.16. The second-order valence-electron chi connectivity index (χ2n) is 4.40. The second kappa shape index (κ2) is 3.48. The van der Waals surface area contributed by atoms with Crippen molar-refractivity contribution in [2.45, 2.75) is 25.7 Å². The Balaban J connectivity index is 2.04. The van der Waals surface area contributed by atoms with Gasteiger partial charge in [0, 0.05) is 30.3 Å². The standard InChI is InChI=1S/C12H12N2O3/c15-9-3-1-2-8-7(9)4-6-5-13-11(12(16)17)10(6)14-8/h5,13-14H,1-4H2,(H,16,17). The summed E-state index contributed by atoms with van der Waals surface area (Å²) in [6.07, 6.45) is 4.47. The fraction of sp³-hybridized carbons (Fsp3) is 0.333. The summed E-state index contributed by atoms with van der Waals surface area (Å²) >= 11 is 0. The van der Waals surface area contributed by atoms with Gasteiger partial charge in [-0.05, 0) is 18.4 Å². The molecule has 0 spiro atoms. The number of nitrogens with one attached hydrogen (secondary N) is 2. The van der Waals surface area contributed by atoms with Gasteiger partial charge in [-0.25, -0.2) is 4.79 Å². The fourth-order valence-corrected chi connectivity index (χ4v) is 2.50. The van der Waals surface area contributed by atoms with Crippen LogP contribution in [-0.4, -0.2) is 21.8 Å². The Labute approximate surface area is 97.5 Å². The number of aromatic nitrogens is 1. The van der Waals surface area contributed by atoms with Gasteiger partial charge in [0.25, 0.3) is 0 Å². The van der Waals surface area contributed by atoms with Gasteiger partial charge in [-0.3, -0.25) is 4.79 Å². The van der Waals surface area contributed by atoms with Gasteiger partial charge in [-0.1, -0.05) is 0 Å². The normalized spacial score (nSPS) is 18.5. The number of fused-ring (bicyclic) bond motifs is 1. The molecule has 1 aliphatic carbocycles. The van der Waals surface area contributed by atoms with E-state index in [-0.39, 0.29) is 11.5 Å². The Morgan fingerprint density at radius 3 is 2.94 bits per heavy atom. The molecule has 0 radical (unpaired) electrons. The summed E-state index contributed by atoms with van der Waals surface area (Å²) in [7, 11) is 0. The fourth-order valence-electron chi connectivity index (χ4n) is 2.50. The molecule has 17 heavy (non-hydrogen) atoms. The molecule has 3 rings (SSSR count). The summed E-state index contributed by atoms with van der Waals surface area (Å²) in [6.45, 7) is 0. The quantitative estimate of drug-likeness (QED) is 0.688. The lowest BCUT2D eigenvalue weighted by Gasteiger charge is -2.25. The highest BCUT2D eigenvalue weighted by Gasteiger charge is 2.29. The topological polar surface area (TPSA) is 82.2 Å². The molecule has 3 N–H and O–H groups in total. The molecule has 0 saturated heterocycles. The molecule has 0 unspecified atom stereocenters. The minimum atomic E-state index is -0.982. The van der Waals surface area contributed by atoms with E-state index >= 15 is 0 Å². The molecular weight excluding hydrogens is 220 g/mol. The van der Waals surface area contributed by atoms with E-state index in [9.17, 15) is 9.59 Å². The van der Waals surface area contributed by atoms with Crippen molar-refractivity contribution in [3.8, 4) is 0 Å². The molecule has 2 heterocycles. The molecule has 0 amide bonds. The van der Waals surface area contributed by atoms with E-state index in [0.29, 0.717) is 18.5 Å². The maximum Gasteiger partial charge on any atom is 0.354 e. The number of carboxylic acids is 1.